The zero-order valence-electron chi connectivity index (χ0n) is 9.12. The predicted molar refractivity (Wildman–Crippen MR) is 65.7 cm³/mol. The van der Waals surface area contributed by atoms with Crippen LogP contribution in [-0.4, -0.2) is 18.7 Å². The predicted octanol–water partition coefficient (Wildman–Crippen LogP) is 1.61. The monoisotopic (exact) mass is 249 g/mol. The van der Waals surface area contributed by atoms with Crippen LogP contribution in [0.15, 0.2) is 35.2 Å². The van der Waals surface area contributed by atoms with Crippen LogP contribution in [0, 0.1) is 6.92 Å². The molecule has 1 unspecified atom stereocenters. The molecule has 0 saturated heterocycles. The van der Waals surface area contributed by atoms with Gasteiger partial charge < -0.3 is 10.3 Å². The lowest BCUT2D eigenvalue weighted by Gasteiger charge is -2.03. The molecular formula is C11H11N3O2S. The van der Waals surface area contributed by atoms with E-state index < -0.39 is 11.1 Å². The topological polar surface area (TPSA) is 89.1 Å². The summed E-state index contributed by atoms with van der Waals surface area (Å²) in [7, 11) is 0. The van der Waals surface area contributed by atoms with Crippen molar-refractivity contribution in [2.75, 3.05) is 5.73 Å². The maximum Gasteiger partial charge on any atom is 0.220 e. The molecule has 0 spiro atoms. The zero-order chi connectivity index (χ0) is 12.4. The highest BCUT2D eigenvalue weighted by molar-refractivity contribution is 7.79. The molecule has 0 aliphatic carbocycles. The first-order chi connectivity index (χ1) is 8.06. The van der Waals surface area contributed by atoms with E-state index in [2.05, 4.69) is 9.97 Å². The zero-order valence-corrected chi connectivity index (χ0v) is 9.94. The van der Waals surface area contributed by atoms with Crippen molar-refractivity contribution in [3.05, 3.63) is 36.0 Å². The maximum atomic E-state index is 10.8. The number of nitrogen functional groups attached to an aromatic ring is 1. The van der Waals surface area contributed by atoms with Gasteiger partial charge in [-0.2, -0.15) is 0 Å². The van der Waals surface area contributed by atoms with Gasteiger partial charge in [-0.05, 0) is 25.1 Å². The molecule has 88 valence electrons. The van der Waals surface area contributed by atoms with Crippen molar-refractivity contribution >= 4 is 17.0 Å². The number of hydrogen-bond acceptors (Lipinski definition) is 4. The molecule has 1 aromatic heterocycles. The van der Waals surface area contributed by atoms with E-state index in [9.17, 15) is 4.21 Å². The second kappa shape index (κ2) is 4.60. The fourth-order valence-electron chi connectivity index (χ4n) is 1.48. The summed E-state index contributed by atoms with van der Waals surface area (Å²) < 4.78 is 19.7. The summed E-state index contributed by atoms with van der Waals surface area (Å²) in [4.78, 5) is 8.44. The van der Waals surface area contributed by atoms with E-state index >= 15 is 0 Å². The van der Waals surface area contributed by atoms with Gasteiger partial charge >= 0.3 is 0 Å². The van der Waals surface area contributed by atoms with Crippen molar-refractivity contribution in [2.24, 2.45) is 0 Å². The third kappa shape index (κ3) is 2.66. The molecule has 3 N–H and O–H groups in total. The summed E-state index contributed by atoms with van der Waals surface area (Å²) in [5, 5.41) is 0. The number of nitrogens with two attached hydrogens (primary N) is 1. The molecule has 1 heterocycles. The van der Waals surface area contributed by atoms with Crippen molar-refractivity contribution in [1.82, 2.24) is 9.97 Å². The van der Waals surface area contributed by atoms with Gasteiger partial charge in [-0.15, -0.1) is 0 Å². The second-order valence-electron chi connectivity index (χ2n) is 3.53. The van der Waals surface area contributed by atoms with Crippen LogP contribution in [0.2, 0.25) is 0 Å². The van der Waals surface area contributed by atoms with Gasteiger partial charge in [0.1, 0.15) is 0 Å². The fourth-order valence-corrected chi connectivity index (χ4v) is 1.85. The van der Waals surface area contributed by atoms with Crippen molar-refractivity contribution < 1.29 is 8.76 Å². The molecule has 0 saturated carbocycles. The Morgan fingerprint density at radius 1 is 1.24 bits per heavy atom. The van der Waals surface area contributed by atoms with Crippen LogP contribution in [0.4, 0.5) is 5.95 Å². The van der Waals surface area contributed by atoms with E-state index in [1.807, 2.05) is 6.92 Å². The molecule has 5 nitrogen and oxygen atoms in total. The van der Waals surface area contributed by atoms with E-state index in [0.717, 1.165) is 11.3 Å². The molecule has 2 rings (SSSR count). The van der Waals surface area contributed by atoms with Crippen LogP contribution in [-0.2, 0) is 11.1 Å². The molecule has 1 atom stereocenters. The number of hydrogen-bond donors (Lipinski definition) is 2. The van der Waals surface area contributed by atoms with Crippen LogP contribution < -0.4 is 5.73 Å². The Morgan fingerprint density at radius 2 is 1.88 bits per heavy atom. The molecule has 0 aliphatic rings. The Bertz CT molecular complexity index is 549. The lowest BCUT2D eigenvalue weighted by molar-refractivity contribution is 0.564. The average Bonchev–Trinajstić information content (AvgIpc) is 2.28. The number of nitrogens with zero attached hydrogens (tertiary/aromatic N) is 2. The van der Waals surface area contributed by atoms with Crippen LogP contribution in [0.1, 0.15) is 5.69 Å². The molecular weight excluding hydrogens is 238 g/mol. The van der Waals surface area contributed by atoms with E-state index in [4.69, 9.17) is 10.3 Å². The number of benzene rings is 1. The smallest absolute Gasteiger partial charge is 0.220 e. The van der Waals surface area contributed by atoms with E-state index in [0.29, 0.717) is 10.6 Å². The second-order valence-corrected chi connectivity index (χ2v) is 4.50. The summed E-state index contributed by atoms with van der Waals surface area (Å²) in [5.41, 5.74) is 7.87. The molecule has 2 aromatic rings. The molecule has 0 radical (unpaired) electrons. The van der Waals surface area contributed by atoms with E-state index in [-0.39, 0.29) is 5.95 Å². The summed E-state index contributed by atoms with van der Waals surface area (Å²) in [6, 6.07) is 8.43. The van der Waals surface area contributed by atoms with Crippen molar-refractivity contribution in [3.8, 4) is 11.3 Å². The Morgan fingerprint density at radius 3 is 2.41 bits per heavy atom. The van der Waals surface area contributed by atoms with Gasteiger partial charge in [0, 0.05) is 11.3 Å². The van der Waals surface area contributed by atoms with Crippen LogP contribution >= 0.6 is 0 Å². The highest BCUT2D eigenvalue weighted by atomic mass is 32.2. The fraction of sp³-hybridized carbons (Fsp3) is 0.0909. The average molecular weight is 249 g/mol. The standard InChI is InChI=1S/C11H11N3O2S/c1-7-6-10(14-11(12)13-7)8-2-4-9(5-3-8)17(15)16/h2-6H,1H3,(H,15,16)(H2,12,13,14). The number of rotatable bonds is 2. The number of aryl methyl sites for hydroxylation is 1. The first-order valence-electron chi connectivity index (χ1n) is 4.89. The highest BCUT2D eigenvalue weighted by Gasteiger charge is 2.04. The van der Waals surface area contributed by atoms with Gasteiger partial charge in [0.15, 0.2) is 11.1 Å². The summed E-state index contributed by atoms with van der Waals surface area (Å²) >= 11 is -1.96. The summed E-state index contributed by atoms with van der Waals surface area (Å²) in [6.07, 6.45) is 0. The molecule has 0 bridgehead atoms. The first-order valence-corrected chi connectivity index (χ1v) is 5.99. The largest absolute Gasteiger partial charge is 0.368 e. The van der Waals surface area contributed by atoms with Crippen LogP contribution in [0.5, 0.6) is 0 Å². The first kappa shape index (κ1) is 11.7. The van der Waals surface area contributed by atoms with E-state index in [1.54, 1.807) is 30.3 Å². The third-order valence-electron chi connectivity index (χ3n) is 2.22. The van der Waals surface area contributed by atoms with Gasteiger partial charge in [0.25, 0.3) is 0 Å². The SMILES string of the molecule is Cc1cc(-c2ccc(S(=O)O)cc2)nc(N)n1. The van der Waals surface area contributed by atoms with Crippen molar-refractivity contribution in [2.45, 2.75) is 11.8 Å². The molecule has 1 aromatic carbocycles. The minimum absolute atomic E-state index is 0.217. The molecule has 0 amide bonds. The normalized spacial score (nSPS) is 12.4. The lowest BCUT2D eigenvalue weighted by Crippen LogP contribution is -1.98. The minimum Gasteiger partial charge on any atom is -0.368 e. The number of anilines is 1. The Labute approximate surface area is 101 Å². The Balaban J connectivity index is 2.43. The van der Waals surface area contributed by atoms with Gasteiger partial charge in [-0.3, -0.25) is 0 Å². The van der Waals surface area contributed by atoms with Crippen LogP contribution in [0.25, 0.3) is 11.3 Å². The molecule has 6 heteroatoms. The van der Waals surface area contributed by atoms with Crippen molar-refractivity contribution in [3.63, 3.8) is 0 Å². The molecule has 0 fully saturated rings. The van der Waals surface area contributed by atoms with Gasteiger partial charge in [0.05, 0.1) is 10.6 Å². The third-order valence-corrected chi connectivity index (χ3v) is 2.90. The Kier molecular flexibility index (Phi) is 3.16. The van der Waals surface area contributed by atoms with Crippen LogP contribution in [0.3, 0.4) is 0 Å². The lowest BCUT2D eigenvalue weighted by atomic mass is 10.1. The van der Waals surface area contributed by atoms with Gasteiger partial charge in [0.2, 0.25) is 5.95 Å². The Hall–Kier alpha value is -1.79. The highest BCUT2D eigenvalue weighted by Crippen LogP contribution is 2.19. The van der Waals surface area contributed by atoms with E-state index in [1.165, 1.54) is 0 Å². The molecule has 0 aliphatic heterocycles. The quantitative estimate of drug-likeness (QED) is 0.789. The van der Waals surface area contributed by atoms with Crippen molar-refractivity contribution in [1.29, 1.82) is 0 Å². The van der Waals surface area contributed by atoms with Gasteiger partial charge in [-0.25, -0.2) is 14.2 Å². The van der Waals surface area contributed by atoms with Gasteiger partial charge in [-0.1, -0.05) is 12.1 Å². The molecule has 17 heavy (non-hydrogen) atoms. The summed E-state index contributed by atoms with van der Waals surface area (Å²) in [6.45, 7) is 1.83. The minimum atomic E-state index is -1.96. The number of aromatic nitrogens is 2. The maximum absolute atomic E-state index is 10.8. The summed E-state index contributed by atoms with van der Waals surface area (Å²) in [5.74, 6) is 0.217.